The lowest BCUT2D eigenvalue weighted by Gasteiger charge is -2.20. The van der Waals surface area contributed by atoms with Crippen LogP contribution in [0, 0.1) is 0 Å². The molecule has 1 amide bonds. The van der Waals surface area contributed by atoms with E-state index in [9.17, 15) is 4.79 Å². The molecule has 0 aliphatic heterocycles. The SMILES string of the molecule is CCNC(=NCC(=O)NC(C)(C)C)NCCOc1cccc(Br)c1.I. The summed E-state index contributed by atoms with van der Waals surface area (Å²) in [6, 6.07) is 7.69. The topological polar surface area (TPSA) is 74.8 Å². The van der Waals surface area contributed by atoms with Crippen molar-refractivity contribution < 1.29 is 9.53 Å². The molecule has 8 heteroatoms. The Labute approximate surface area is 175 Å². The first-order chi connectivity index (χ1) is 11.3. The van der Waals surface area contributed by atoms with Crippen molar-refractivity contribution in [3.8, 4) is 5.75 Å². The van der Waals surface area contributed by atoms with E-state index >= 15 is 0 Å². The molecule has 0 atom stereocenters. The Morgan fingerprint density at radius 3 is 2.60 bits per heavy atom. The van der Waals surface area contributed by atoms with Crippen molar-refractivity contribution in [3.63, 3.8) is 0 Å². The number of amides is 1. The third-order valence-corrected chi connectivity index (χ3v) is 3.19. The standard InChI is InChI=1S/C17H27BrN4O2.HI/c1-5-19-16(21-12-15(23)22-17(2,3)4)20-9-10-24-14-8-6-7-13(18)11-14;/h6-8,11H,5,9-10,12H2,1-4H3,(H,22,23)(H2,19,20,21);1H. The molecular formula is C17H28BrIN4O2. The molecule has 0 fully saturated rings. The van der Waals surface area contributed by atoms with Gasteiger partial charge in [0.15, 0.2) is 5.96 Å². The van der Waals surface area contributed by atoms with Gasteiger partial charge in [0.2, 0.25) is 5.91 Å². The van der Waals surface area contributed by atoms with Crippen LogP contribution < -0.4 is 20.7 Å². The molecule has 6 nitrogen and oxygen atoms in total. The van der Waals surface area contributed by atoms with Gasteiger partial charge < -0.3 is 20.7 Å². The molecule has 0 aromatic heterocycles. The summed E-state index contributed by atoms with van der Waals surface area (Å²) < 4.78 is 6.63. The molecule has 1 aromatic rings. The zero-order valence-electron chi connectivity index (χ0n) is 15.2. The number of aliphatic imine (C=N–C) groups is 1. The highest BCUT2D eigenvalue weighted by atomic mass is 127. The third kappa shape index (κ3) is 12.0. The number of ether oxygens (including phenoxy) is 1. The molecule has 0 aliphatic carbocycles. The van der Waals surface area contributed by atoms with Crippen LogP contribution in [-0.4, -0.2) is 43.6 Å². The minimum absolute atomic E-state index is 0. The summed E-state index contributed by atoms with van der Waals surface area (Å²) in [6.07, 6.45) is 0. The Morgan fingerprint density at radius 2 is 2.00 bits per heavy atom. The van der Waals surface area contributed by atoms with E-state index < -0.39 is 0 Å². The normalized spacial score (nSPS) is 11.3. The van der Waals surface area contributed by atoms with Crippen LogP contribution in [0.3, 0.4) is 0 Å². The lowest BCUT2D eigenvalue weighted by molar-refractivity contribution is -0.121. The van der Waals surface area contributed by atoms with Gasteiger partial charge in [0.05, 0.1) is 6.54 Å². The van der Waals surface area contributed by atoms with Gasteiger partial charge in [-0.1, -0.05) is 22.0 Å². The van der Waals surface area contributed by atoms with Crippen LogP contribution >= 0.6 is 39.9 Å². The number of nitrogens with zero attached hydrogens (tertiary/aromatic N) is 1. The average Bonchev–Trinajstić information content (AvgIpc) is 2.47. The van der Waals surface area contributed by atoms with Crippen LogP contribution in [0.5, 0.6) is 5.75 Å². The molecule has 25 heavy (non-hydrogen) atoms. The van der Waals surface area contributed by atoms with Gasteiger partial charge in [-0.05, 0) is 45.9 Å². The molecule has 3 N–H and O–H groups in total. The van der Waals surface area contributed by atoms with Crippen LogP contribution in [0.2, 0.25) is 0 Å². The number of hydrogen-bond acceptors (Lipinski definition) is 3. The van der Waals surface area contributed by atoms with Gasteiger partial charge in [-0.3, -0.25) is 4.79 Å². The Hall–Kier alpha value is -1.03. The maximum Gasteiger partial charge on any atom is 0.242 e. The average molecular weight is 527 g/mol. The van der Waals surface area contributed by atoms with Gasteiger partial charge >= 0.3 is 0 Å². The van der Waals surface area contributed by atoms with E-state index in [4.69, 9.17) is 4.74 Å². The molecule has 0 saturated carbocycles. The fourth-order valence-corrected chi connectivity index (χ4v) is 2.22. The summed E-state index contributed by atoms with van der Waals surface area (Å²) in [6.45, 7) is 9.68. The van der Waals surface area contributed by atoms with E-state index in [1.54, 1.807) is 0 Å². The van der Waals surface area contributed by atoms with Crippen molar-refractivity contribution in [2.45, 2.75) is 33.2 Å². The second-order valence-corrected chi connectivity index (χ2v) is 7.14. The van der Waals surface area contributed by atoms with Crippen molar-refractivity contribution >= 4 is 51.8 Å². The van der Waals surface area contributed by atoms with Crippen molar-refractivity contribution in [1.82, 2.24) is 16.0 Å². The lowest BCUT2D eigenvalue weighted by Crippen LogP contribution is -2.43. The van der Waals surface area contributed by atoms with Gasteiger partial charge in [-0.15, -0.1) is 24.0 Å². The first-order valence-corrected chi connectivity index (χ1v) is 8.81. The Kier molecular flexibility index (Phi) is 11.8. The largest absolute Gasteiger partial charge is 0.492 e. The van der Waals surface area contributed by atoms with E-state index in [1.165, 1.54) is 0 Å². The van der Waals surface area contributed by atoms with Crippen LogP contribution in [0.25, 0.3) is 0 Å². The van der Waals surface area contributed by atoms with Crippen molar-refractivity contribution in [1.29, 1.82) is 0 Å². The fraction of sp³-hybridized carbons (Fsp3) is 0.529. The number of benzene rings is 1. The van der Waals surface area contributed by atoms with Crippen LogP contribution in [0.4, 0.5) is 0 Å². The summed E-state index contributed by atoms with van der Waals surface area (Å²) in [5.74, 6) is 1.29. The maximum absolute atomic E-state index is 11.8. The molecule has 0 spiro atoms. The van der Waals surface area contributed by atoms with Gasteiger partial charge in [0.1, 0.15) is 18.9 Å². The Balaban J connectivity index is 0.00000576. The zero-order chi connectivity index (χ0) is 18.0. The van der Waals surface area contributed by atoms with Gasteiger partial charge in [-0.2, -0.15) is 0 Å². The van der Waals surface area contributed by atoms with Crippen molar-refractivity contribution in [2.75, 3.05) is 26.2 Å². The molecular weight excluding hydrogens is 499 g/mol. The molecule has 0 aliphatic rings. The van der Waals surface area contributed by atoms with Gasteiger partial charge in [0, 0.05) is 16.6 Å². The van der Waals surface area contributed by atoms with Gasteiger partial charge in [-0.25, -0.2) is 4.99 Å². The molecule has 1 aromatic carbocycles. The summed E-state index contributed by atoms with van der Waals surface area (Å²) >= 11 is 3.41. The zero-order valence-corrected chi connectivity index (χ0v) is 19.1. The monoisotopic (exact) mass is 526 g/mol. The van der Waals surface area contributed by atoms with Gasteiger partial charge in [0.25, 0.3) is 0 Å². The highest BCUT2D eigenvalue weighted by Gasteiger charge is 2.13. The highest BCUT2D eigenvalue weighted by molar-refractivity contribution is 14.0. The number of carbonyl (C=O) groups is 1. The van der Waals surface area contributed by atoms with E-state index in [2.05, 4.69) is 36.9 Å². The third-order valence-electron chi connectivity index (χ3n) is 2.70. The summed E-state index contributed by atoms with van der Waals surface area (Å²) in [4.78, 5) is 16.1. The van der Waals surface area contributed by atoms with Crippen LogP contribution in [0.1, 0.15) is 27.7 Å². The van der Waals surface area contributed by atoms with E-state index in [0.717, 1.165) is 16.8 Å². The molecule has 142 valence electrons. The molecule has 0 bridgehead atoms. The summed E-state index contributed by atoms with van der Waals surface area (Å²) in [5, 5.41) is 9.13. The first kappa shape index (κ1) is 24.0. The van der Waals surface area contributed by atoms with E-state index in [1.807, 2.05) is 52.0 Å². The van der Waals surface area contributed by atoms with Crippen LogP contribution in [-0.2, 0) is 4.79 Å². The van der Waals surface area contributed by atoms with Crippen molar-refractivity contribution in [3.05, 3.63) is 28.7 Å². The van der Waals surface area contributed by atoms with Crippen molar-refractivity contribution in [2.24, 2.45) is 4.99 Å². The molecule has 1 rings (SSSR count). The smallest absolute Gasteiger partial charge is 0.242 e. The molecule has 0 heterocycles. The minimum Gasteiger partial charge on any atom is -0.492 e. The number of carbonyl (C=O) groups excluding carboxylic acids is 1. The first-order valence-electron chi connectivity index (χ1n) is 8.01. The lowest BCUT2D eigenvalue weighted by atomic mass is 10.1. The molecule has 0 saturated heterocycles. The highest BCUT2D eigenvalue weighted by Crippen LogP contribution is 2.17. The second-order valence-electron chi connectivity index (χ2n) is 6.23. The minimum atomic E-state index is -0.254. The predicted molar refractivity (Wildman–Crippen MR) is 117 cm³/mol. The van der Waals surface area contributed by atoms with E-state index in [-0.39, 0.29) is 42.0 Å². The summed E-state index contributed by atoms with van der Waals surface area (Å²) in [5.41, 5.74) is -0.254. The number of guanidine groups is 1. The Morgan fingerprint density at radius 1 is 1.28 bits per heavy atom. The second kappa shape index (κ2) is 12.3. The van der Waals surface area contributed by atoms with Crippen LogP contribution in [0.15, 0.2) is 33.7 Å². The summed E-state index contributed by atoms with van der Waals surface area (Å²) in [7, 11) is 0. The molecule has 0 unspecified atom stereocenters. The number of rotatable bonds is 7. The predicted octanol–water partition coefficient (Wildman–Crippen LogP) is 2.92. The molecule has 0 radical (unpaired) electrons. The van der Waals surface area contributed by atoms with E-state index in [0.29, 0.717) is 19.1 Å². The number of hydrogen-bond donors (Lipinski definition) is 3. The fourth-order valence-electron chi connectivity index (χ4n) is 1.85. The number of halogens is 2. The number of nitrogens with one attached hydrogen (secondary N) is 3. The Bertz CT molecular complexity index is 562. The maximum atomic E-state index is 11.8. The quantitative estimate of drug-likeness (QED) is 0.221.